The Morgan fingerprint density at radius 2 is 1.91 bits per heavy atom. The molecule has 34 heavy (non-hydrogen) atoms. The summed E-state index contributed by atoms with van der Waals surface area (Å²) in [6, 6.07) is 12.0. The Morgan fingerprint density at radius 1 is 1.21 bits per heavy atom. The number of carbonyl (C=O) groups excluding carboxylic acids is 2. The SMILES string of the molecule is COc1cc(-c2c(C(N)=O)[nH]c(C#N)c2-c2ccc(N)cc2C)ccc1C(=O)NCC(C)(C)F. The van der Waals surface area contributed by atoms with Crippen molar-refractivity contribution >= 4 is 17.5 Å². The van der Waals surface area contributed by atoms with Gasteiger partial charge in [0.15, 0.2) is 0 Å². The molecule has 1 heterocycles. The molecule has 3 rings (SSSR count). The number of aromatic amines is 1. The van der Waals surface area contributed by atoms with E-state index in [0.717, 1.165) is 5.56 Å². The number of nitriles is 1. The minimum Gasteiger partial charge on any atom is -0.496 e. The first-order valence-corrected chi connectivity index (χ1v) is 10.4. The van der Waals surface area contributed by atoms with Crippen molar-refractivity contribution in [3.63, 3.8) is 0 Å². The smallest absolute Gasteiger partial charge is 0.265 e. The summed E-state index contributed by atoms with van der Waals surface area (Å²) in [6.45, 7) is 4.39. The number of aromatic nitrogens is 1. The third-order valence-electron chi connectivity index (χ3n) is 5.28. The van der Waals surface area contributed by atoms with Gasteiger partial charge in [-0.1, -0.05) is 12.1 Å². The molecule has 0 saturated carbocycles. The highest BCUT2D eigenvalue weighted by atomic mass is 19.1. The van der Waals surface area contributed by atoms with Gasteiger partial charge in [-0.05, 0) is 61.7 Å². The zero-order valence-corrected chi connectivity index (χ0v) is 19.4. The van der Waals surface area contributed by atoms with Gasteiger partial charge in [0.25, 0.3) is 11.8 Å². The van der Waals surface area contributed by atoms with E-state index in [-0.39, 0.29) is 29.2 Å². The number of aryl methyl sites for hydroxylation is 1. The molecule has 0 atom stereocenters. The van der Waals surface area contributed by atoms with E-state index < -0.39 is 17.5 Å². The van der Waals surface area contributed by atoms with Crippen molar-refractivity contribution in [1.29, 1.82) is 5.26 Å². The summed E-state index contributed by atoms with van der Waals surface area (Å²) < 4.78 is 19.2. The van der Waals surface area contributed by atoms with E-state index in [1.54, 1.807) is 30.3 Å². The fourth-order valence-corrected chi connectivity index (χ4v) is 3.71. The number of hydrogen-bond donors (Lipinski definition) is 4. The van der Waals surface area contributed by atoms with Crippen molar-refractivity contribution in [2.45, 2.75) is 26.4 Å². The number of halogens is 1. The fraction of sp³-hybridized carbons (Fsp3) is 0.240. The van der Waals surface area contributed by atoms with E-state index in [1.807, 2.05) is 6.92 Å². The van der Waals surface area contributed by atoms with Crippen LogP contribution in [0.25, 0.3) is 22.3 Å². The van der Waals surface area contributed by atoms with Gasteiger partial charge in [-0.2, -0.15) is 5.26 Å². The summed E-state index contributed by atoms with van der Waals surface area (Å²) >= 11 is 0. The number of benzene rings is 2. The van der Waals surface area contributed by atoms with Crippen molar-refractivity contribution in [2.75, 3.05) is 19.4 Å². The van der Waals surface area contributed by atoms with Crippen molar-refractivity contribution < 1.29 is 18.7 Å². The van der Waals surface area contributed by atoms with Gasteiger partial charge >= 0.3 is 0 Å². The predicted molar refractivity (Wildman–Crippen MR) is 128 cm³/mol. The van der Waals surface area contributed by atoms with E-state index in [4.69, 9.17) is 16.2 Å². The molecule has 0 saturated heterocycles. The van der Waals surface area contributed by atoms with Crippen LogP contribution in [0.15, 0.2) is 36.4 Å². The number of primary amides is 1. The van der Waals surface area contributed by atoms with E-state index in [2.05, 4.69) is 16.4 Å². The highest BCUT2D eigenvalue weighted by molar-refractivity contribution is 6.05. The summed E-state index contributed by atoms with van der Waals surface area (Å²) in [5.74, 6) is -1.05. The number of nitrogens with zero attached hydrogens (tertiary/aromatic N) is 1. The van der Waals surface area contributed by atoms with Crippen LogP contribution in [0.5, 0.6) is 5.75 Å². The molecular formula is C25H26FN5O3. The number of nitrogens with one attached hydrogen (secondary N) is 2. The lowest BCUT2D eigenvalue weighted by molar-refractivity contribution is 0.0917. The molecular weight excluding hydrogens is 437 g/mol. The number of ether oxygens (including phenoxy) is 1. The summed E-state index contributed by atoms with van der Waals surface area (Å²) in [5.41, 5.74) is 13.7. The van der Waals surface area contributed by atoms with Gasteiger partial charge < -0.3 is 26.5 Å². The van der Waals surface area contributed by atoms with Crippen LogP contribution in [0.4, 0.5) is 10.1 Å². The highest BCUT2D eigenvalue weighted by Crippen LogP contribution is 2.41. The predicted octanol–water partition coefficient (Wildman–Crippen LogP) is 3.70. The molecule has 6 N–H and O–H groups in total. The second-order valence-electron chi connectivity index (χ2n) is 8.49. The molecule has 0 spiro atoms. The van der Waals surface area contributed by atoms with Crippen LogP contribution in [-0.2, 0) is 0 Å². The molecule has 0 aliphatic heterocycles. The number of alkyl halides is 1. The van der Waals surface area contributed by atoms with Gasteiger partial charge in [-0.3, -0.25) is 9.59 Å². The van der Waals surface area contributed by atoms with Gasteiger partial charge in [-0.15, -0.1) is 0 Å². The van der Waals surface area contributed by atoms with Crippen LogP contribution in [0.1, 0.15) is 46.0 Å². The van der Waals surface area contributed by atoms with Gasteiger partial charge in [0.1, 0.15) is 28.9 Å². The van der Waals surface area contributed by atoms with E-state index >= 15 is 0 Å². The second kappa shape index (κ2) is 9.27. The minimum absolute atomic E-state index is 0.0428. The van der Waals surface area contributed by atoms with E-state index in [9.17, 15) is 19.2 Å². The van der Waals surface area contributed by atoms with Crippen molar-refractivity contribution in [2.24, 2.45) is 5.73 Å². The van der Waals surface area contributed by atoms with Crippen LogP contribution in [-0.4, -0.2) is 36.1 Å². The average Bonchev–Trinajstić information content (AvgIpc) is 3.16. The molecule has 8 nitrogen and oxygen atoms in total. The average molecular weight is 464 g/mol. The van der Waals surface area contributed by atoms with Crippen molar-refractivity contribution in [1.82, 2.24) is 10.3 Å². The third-order valence-corrected chi connectivity index (χ3v) is 5.28. The Balaban J connectivity index is 2.21. The molecule has 0 unspecified atom stereocenters. The number of amides is 2. The van der Waals surface area contributed by atoms with Crippen molar-refractivity contribution in [3.05, 3.63) is 58.9 Å². The molecule has 0 aliphatic carbocycles. The first kappa shape index (κ1) is 24.3. The molecule has 0 fully saturated rings. The number of H-pyrrole nitrogens is 1. The van der Waals surface area contributed by atoms with Crippen LogP contribution in [0.3, 0.4) is 0 Å². The monoisotopic (exact) mass is 463 g/mol. The Labute approximate surface area is 196 Å². The molecule has 3 aromatic rings. The number of nitrogen functional groups attached to an aromatic ring is 1. The number of nitrogens with two attached hydrogens (primary N) is 2. The van der Waals surface area contributed by atoms with Crippen LogP contribution < -0.4 is 21.5 Å². The number of carbonyl (C=O) groups is 2. The van der Waals surface area contributed by atoms with Gasteiger partial charge in [0.05, 0.1) is 19.2 Å². The number of anilines is 1. The lowest BCUT2D eigenvalue weighted by Crippen LogP contribution is -2.35. The molecule has 0 aliphatic rings. The maximum atomic E-state index is 13.8. The fourth-order valence-electron chi connectivity index (χ4n) is 3.71. The number of methoxy groups -OCH3 is 1. The lowest BCUT2D eigenvalue weighted by atomic mass is 9.91. The topological polar surface area (TPSA) is 147 Å². The number of hydrogen-bond acceptors (Lipinski definition) is 5. The van der Waals surface area contributed by atoms with Crippen LogP contribution in [0.2, 0.25) is 0 Å². The highest BCUT2D eigenvalue weighted by Gasteiger charge is 2.26. The molecule has 2 amide bonds. The summed E-state index contributed by atoms with van der Waals surface area (Å²) in [6.07, 6.45) is 0. The first-order valence-electron chi connectivity index (χ1n) is 10.4. The minimum atomic E-state index is -1.58. The Bertz CT molecular complexity index is 1320. The van der Waals surface area contributed by atoms with E-state index in [0.29, 0.717) is 27.9 Å². The zero-order chi connectivity index (χ0) is 25.2. The Kier molecular flexibility index (Phi) is 6.63. The van der Waals surface area contributed by atoms with Crippen molar-refractivity contribution in [3.8, 4) is 34.1 Å². The summed E-state index contributed by atoms with van der Waals surface area (Å²) in [5, 5.41) is 12.3. The zero-order valence-electron chi connectivity index (χ0n) is 19.4. The Morgan fingerprint density at radius 3 is 2.47 bits per heavy atom. The standard InChI is InChI=1S/C25H26FN5O3/c1-13-9-15(28)6-8-16(13)21-18(11-27)31-22(23(29)32)20(21)14-5-7-17(19(10-14)34-4)24(33)30-12-25(2,3)26/h5-10,31H,12,28H2,1-4H3,(H2,29,32)(H,30,33). The van der Waals surface area contributed by atoms with Gasteiger partial charge in [0, 0.05) is 16.8 Å². The summed E-state index contributed by atoms with van der Waals surface area (Å²) in [7, 11) is 1.40. The maximum absolute atomic E-state index is 13.8. The molecule has 9 heteroatoms. The molecule has 176 valence electrons. The number of rotatable bonds is 7. The quantitative estimate of drug-likeness (QED) is 0.395. The normalized spacial score (nSPS) is 11.1. The second-order valence-corrected chi connectivity index (χ2v) is 8.49. The molecule has 1 aromatic heterocycles. The largest absolute Gasteiger partial charge is 0.496 e. The van der Waals surface area contributed by atoms with Crippen LogP contribution >= 0.6 is 0 Å². The van der Waals surface area contributed by atoms with Crippen LogP contribution in [0, 0.1) is 18.3 Å². The maximum Gasteiger partial charge on any atom is 0.265 e. The molecule has 0 radical (unpaired) electrons. The summed E-state index contributed by atoms with van der Waals surface area (Å²) in [4.78, 5) is 27.7. The van der Waals surface area contributed by atoms with E-state index in [1.165, 1.54) is 27.0 Å². The molecule has 2 aromatic carbocycles. The van der Waals surface area contributed by atoms with Gasteiger partial charge in [0.2, 0.25) is 0 Å². The molecule has 0 bridgehead atoms. The van der Waals surface area contributed by atoms with Gasteiger partial charge in [-0.25, -0.2) is 4.39 Å². The Hall–Kier alpha value is -4.32. The first-order chi connectivity index (χ1) is 16.0. The third kappa shape index (κ3) is 4.86. The lowest BCUT2D eigenvalue weighted by Gasteiger charge is -2.17.